The molecule has 0 fully saturated rings. The van der Waals surface area contributed by atoms with Gasteiger partial charge in [-0.3, -0.25) is 4.79 Å². The Morgan fingerprint density at radius 1 is 1.33 bits per heavy atom. The number of carbonyl (C=O) groups is 1. The van der Waals surface area contributed by atoms with Crippen molar-refractivity contribution in [1.82, 2.24) is 10.6 Å². The van der Waals surface area contributed by atoms with E-state index < -0.39 is 0 Å². The molecule has 0 aliphatic heterocycles. The fraction of sp³-hybridized carbons (Fsp3) is 0.438. The Kier molecular flexibility index (Phi) is 5.20. The smallest absolute Gasteiger partial charge is 0.234 e. The summed E-state index contributed by atoms with van der Waals surface area (Å²) in [6.45, 7) is 8.20. The van der Waals surface area contributed by atoms with E-state index in [-0.39, 0.29) is 18.0 Å². The van der Waals surface area contributed by atoms with Gasteiger partial charge in [0, 0.05) is 16.5 Å². The maximum Gasteiger partial charge on any atom is 0.234 e. The lowest BCUT2D eigenvalue weighted by atomic mass is 10.1. The van der Waals surface area contributed by atoms with E-state index in [1.165, 1.54) is 0 Å². The van der Waals surface area contributed by atoms with Crippen molar-refractivity contribution in [3.05, 3.63) is 45.5 Å². The largest absolute Gasteiger partial charge is 0.466 e. The van der Waals surface area contributed by atoms with Gasteiger partial charge in [0.25, 0.3) is 0 Å². The molecule has 0 aliphatic carbocycles. The second-order valence-electron chi connectivity index (χ2n) is 5.28. The van der Waals surface area contributed by atoms with Crippen LogP contribution in [0, 0.1) is 13.8 Å². The van der Waals surface area contributed by atoms with Crippen molar-refractivity contribution in [2.45, 2.75) is 39.8 Å². The predicted molar refractivity (Wildman–Crippen MR) is 85.5 cm³/mol. The highest BCUT2D eigenvalue weighted by atomic mass is 32.1. The van der Waals surface area contributed by atoms with E-state index in [2.05, 4.69) is 10.6 Å². The van der Waals surface area contributed by atoms with Gasteiger partial charge in [-0.25, -0.2) is 0 Å². The van der Waals surface area contributed by atoms with Crippen molar-refractivity contribution in [3.8, 4) is 0 Å². The Morgan fingerprint density at radius 2 is 2.10 bits per heavy atom. The van der Waals surface area contributed by atoms with Gasteiger partial charge in [-0.05, 0) is 45.2 Å². The van der Waals surface area contributed by atoms with Crippen molar-refractivity contribution >= 4 is 17.2 Å². The molecular weight excluding hydrogens is 284 g/mol. The number of hydrogen-bond acceptors (Lipinski definition) is 4. The third-order valence-electron chi connectivity index (χ3n) is 3.46. The lowest BCUT2D eigenvalue weighted by Crippen LogP contribution is -2.36. The number of hydrogen-bond donors (Lipinski definition) is 2. The van der Waals surface area contributed by atoms with Crippen LogP contribution >= 0.6 is 11.3 Å². The Hall–Kier alpha value is -1.59. The van der Waals surface area contributed by atoms with Gasteiger partial charge in [0.2, 0.25) is 5.91 Å². The molecule has 0 saturated heterocycles. The maximum absolute atomic E-state index is 12.0. The summed E-state index contributed by atoms with van der Waals surface area (Å²) >= 11 is 1.65. The molecule has 0 aromatic carbocycles. The topological polar surface area (TPSA) is 54.3 Å². The molecule has 2 heterocycles. The highest BCUT2D eigenvalue weighted by Crippen LogP contribution is 2.21. The molecule has 0 saturated carbocycles. The van der Waals surface area contributed by atoms with Crippen LogP contribution in [0.4, 0.5) is 0 Å². The van der Waals surface area contributed by atoms with Gasteiger partial charge >= 0.3 is 0 Å². The third-order valence-corrected chi connectivity index (χ3v) is 4.52. The van der Waals surface area contributed by atoms with Crippen molar-refractivity contribution in [2.24, 2.45) is 0 Å². The van der Waals surface area contributed by atoms with Crippen molar-refractivity contribution in [3.63, 3.8) is 0 Å². The molecule has 0 aliphatic rings. The van der Waals surface area contributed by atoms with Gasteiger partial charge in [-0.15, -0.1) is 11.3 Å². The van der Waals surface area contributed by atoms with Crippen LogP contribution in [0.3, 0.4) is 0 Å². The van der Waals surface area contributed by atoms with Gasteiger partial charge < -0.3 is 15.1 Å². The lowest BCUT2D eigenvalue weighted by molar-refractivity contribution is -0.121. The molecular formula is C16H22N2O2S. The van der Waals surface area contributed by atoms with Gasteiger partial charge in [0.15, 0.2) is 0 Å². The number of aryl methyl sites for hydroxylation is 2. The number of furan rings is 1. The zero-order valence-electron chi connectivity index (χ0n) is 12.9. The Labute approximate surface area is 129 Å². The fourth-order valence-electron chi connectivity index (χ4n) is 2.34. The second kappa shape index (κ2) is 6.91. The summed E-state index contributed by atoms with van der Waals surface area (Å²) < 4.78 is 5.52. The molecule has 2 aromatic rings. The Balaban J connectivity index is 1.82. The zero-order chi connectivity index (χ0) is 15.4. The fourth-order valence-corrected chi connectivity index (χ4v) is 3.07. The molecule has 1 amide bonds. The van der Waals surface area contributed by atoms with Crippen LogP contribution in [0.25, 0.3) is 0 Å². The van der Waals surface area contributed by atoms with E-state index in [9.17, 15) is 4.79 Å². The molecule has 0 radical (unpaired) electrons. The van der Waals surface area contributed by atoms with Gasteiger partial charge in [0.05, 0.1) is 12.6 Å². The number of amides is 1. The number of rotatable bonds is 6. The van der Waals surface area contributed by atoms with Crippen LogP contribution in [0.2, 0.25) is 0 Å². The maximum atomic E-state index is 12.0. The van der Waals surface area contributed by atoms with E-state index >= 15 is 0 Å². The summed E-state index contributed by atoms with van der Waals surface area (Å²) in [7, 11) is 0. The highest BCUT2D eigenvalue weighted by Gasteiger charge is 2.15. The lowest BCUT2D eigenvalue weighted by Gasteiger charge is -2.15. The summed E-state index contributed by atoms with van der Waals surface area (Å²) in [6, 6.07) is 6.17. The third kappa shape index (κ3) is 4.19. The molecule has 2 N–H and O–H groups in total. The van der Waals surface area contributed by atoms with Crippen LogP contribution in [-0.4, -0.2) is 12.5 Å². The number of carbonyl (C=O) groups excluding carboxylic acids is 1. The molecule has 0 bridgehead atoms. The van der Waals surface area contributed by atoms with Crippen LogP contribution in [0.15, 0.2) is 28.0 Å². The molecule has 4 nitrogen and oxygen atoms in total. The Bertz CT molecular complexity index is 589. The summed E-state index contributed by atoms with van der Waals surface area (Å²) in [6.07, 6.45) is 0. The SMILES string of the molecule is Cc1cc(C(C)NCC(=O)NC(C)c2cccs2)c(C)o1. The van der Waals surface area contributed by atoms with Crippen LogP contribution in [0.5, 0.6) is 0 Å². The van der Waals surface area contributed by atoms with Crippen LogP contribution in [0.1, 0.15) is 47.9 Å². The van der Waals surface area contributed by atoms with E-state index in [4.69, 9.17) is 4.42 Å². The minimum Gasteiger partial charge on any atom is -0.466 e. The average molecular weight is 306 g/mol. The molecule has 114 valence electrons. The predicted octanol–water partition coefficient (Wildman–Crippen LogP) is 3.49. The first kappa shape index (κ1) is 15.8. The summed E-state index contributed by atoms with van der Waals surface area (Å²) in [5, 5.41) is 8.25. The highest BCUT2D eigenvalue weighted by molar-refractivity contribution is 7.10. The molecule has 2 unspecified atom stereocenters. The monoisotopic (exact) mass is 306 g/mol. The quantitative estimate of drug-likeness (QED) is 0.859. The van der Waals surface area contributed by atoms with Gasteiger partial charge in [0.1, 0.15) is 11.5 Å². The molecule has 21 heavy (non-hydrogen) atoms. The molecule has 2 aromatic heterocycles. The number of thiophene rings is 1. The second-order valence-corrected chi connectivity index (χ2v) is 6.26. The first-order chi connectivity index (χ1) is 9.97. The van der Waals surface area contributed by atoms with E-state index in [0.717, 1.165) is 22.0 Å². The first-order valence-corrected chi connectivity index (χ1v) is 7.98. The zero-order valence-corrected chi connectivity index (χ0v) is 13.7. The Morgan fingerprint density at radius 3 is 2.67 bits per heavy atom. The molecule has 2 rings (SSSR count). The van der Waals surface area contributed by atoms with E-state index in [1.807, 2.05) is 51.3 Å². The van der Waals surface area contributed by atoms with Crippen LogP contribution in [-0.2, 0) is 4.79 Å². The van der Waals surface area contributed by atoms with Gasteiger partial charge in [-0.2, -0.15) is 0 Å². The van der Waals surface area contributed by atoms with Crippen molar-refractivity contribution in [2.75, 3.05) is 6.54 Å². The van der Waals surface area contributed by atoms with Crippen LogP contribution < -0.4 is 10.6 Å². The summed E-state index contributed by atoms with van der Waals surface area (Å²) in [5.74, 6) is 1.80. The number of nitrogens with one attached hydrogen (secondary N) is 2. The van der Waals surface area contributed by atoms with Crippen molar-refractivity contribution in [1.29, 1.82) is 0 Å². The standard InChI is InChI=1S/C16H22N2O2S/c1-10-8-14(13(4)20-10)11(2)17-9-16(19)18-12(3)15-6-5-7-21-15/h5-8,11-12,17H,9H2,1-4H3,(H,18,19). The molecule has 2 atom stereocenters. The minimum atomic E-state index is 0.000574. The van der Waals surface area contributed by atoms with Crippen molar-refractivity contribution < 1.29 is 9.21 Å². The van der Waals surface area contributed by atoms with Gasteiger partial charge in [-0.1, -0.05) is 6.07 Å². The van der Waals surface area contributed by atoms with E-state index in [1.54, 1.807) is 11.3 Å². The first-order valence-electron chi connectivity index (χ1n) is 7.10. The summed E-state index contributed by atoms with van der Waals surface area (Å²) in [4.78, 5) is 13.1. The van der Waals surface area contributed by atoms with E-state index in [0.29, 0.717) is 6.54 Å². The molecule has 0 spiro atoms. The normalized spacial score (nSPS) is 13.9. The minimum absolute atomic E-state index is 0.000574. The summed E-state index contributed by atoms with van der Waals surface area (Å²) in [5.41, 5.74) is 1.10. The molecule has 5 heteroatoms. The average Bonchev–Trinajstić information content (AvgIpc) is 3.05.